The number of carbonyl (C=O) groups excluding carboxylic acids is 1. The molecule has 1 amide bonds. The molecule has 0 aliphatic carbocycles. The molecule has 23 heavy (non-hydrogen) atoms. The molecule has 0 heterocycles. The van der Waals surface area contributed by atoms with Crippen LogP contribution in [-0.4, -0.2) is 12.5 Å². The summed E-state index contributed by atoms with van der Waals surface area (Å²) in [6.07, 6.45) is 0.111. The molecule has 2 rings (SSSR count). The molecule has 2 nitrogen and oxygen atoms in total. The van der Waals surface area contributed by atoms with Crippen LogP contribution in [0.5, 0.6) is 0 Å². The van der Waals surface area contributed by atoms with Gasteiger partial charge in [0.1, 0.15) is 5.83 Å². The van der Waals surface area contributed by atoms with Gasteiger partial charge in [0.15, 0.2) is 0 Å². The van der Waals surface area contributed by atoms with E-state index >= 15 is 0 Å². The number of hydrogen-bond acceptors (Lipinski definition) is 1. The first-order chi connectivity index (χ1) is 11.0. The molecule has 0 atom stereocenters. The molecule has 0 aromatic heterocycles. The third kappa shape index (κ3) is 5.08. The second kappa shape index (κ2) is 8.14. The molecule has 0 aliphatic rings. The van der Waals surface area contributed by atoms with Crippen molar-refractivity contribution in [2.24, 2.45) is 0 Å². The molecule has 0 radical (unpaired) electrons. The first-order valence-electron chi connectivity index (χ1n) is 7.12. The van der Waals surface area contributed by atoms with Crippen LogP contribution >= 0.6 is 23.2 Å². The van der Waals surface area contributed by atoms with Crippen LogP contribution in [0.1, 0.15) is 24.5 Å². The maximum atomic E-state index is 14.8. The van der Waals surface area contributed by atoms with Gasteiger partial charge < -0.3 is 5.32 Å². The third-order valence-corrected chi connectivity index (χ3v) is 3.76. The number of nitrogens with one attached hydrogen (secondary N) is 1. The highest BCUT2D eigenvalue weighted by atomic mass is 35.5. The Hall–Kier alpha value is -1.84. The highest BCUT2D eigenvalue weighted by molar-refractivity contribution is 6.31. The Morgan fingerprint density at radius 1 is 0.957 bits per heavy atom. The number of amides is 1. The lowest BCUT2D eigenvalue weighted by Gasteiger charge is -2.12. The van der Waals surface area contributed by atoms with Crippen molar-refractivity contribution in [2.75, 3.05) is 6.54 Å². The molecule has 1 N–H and O–H groups in total. The maximum Gasteiger partial charge on any atom is 0.216 e. The van der Waals surface area contributed by atoms with E-state index in [1.165, 1.54) is 6.92 Å². The molecule has 0 fully saturated rings. The summed E-state index contributed by atoms with van der Waals surface area (Å²) in [5.41, 5.74) is 1.91. The second-order valence-electron chi connectivity index (χ2n) is 5.03. The Bertz CT molecular complexity index is 661. The van der Waals surface area contributed by atoms with Crippen molar-refractivity contribution in [2.45, 2.75) is 13.3 Å². The largest absolute Gasteiger partial charge is 0.356 e. The Labute approximate surface area is 144 Å². The fraction of sp³-hybridized carbons (Fsp3) is 0.167. The zero-order valence-electron chi connectivity index (χ0n) is 12.6. The lowest BCUT2D eigenvalue weighted by atomic mass is 9.96. The van der Waals surface area contributed by atoms with Gasteiger partial charge >= 0.3 is 0 Å². The van der Waals surface area contributed by atoms with Crippen LogP contribution in [0.25, 0.3) is 5.57 Å². The Balaban J connectivity index is 2.39. The van der Waals surface area contributed by atoms with Crippen molar-refractivity contribution in [1.29, 1.82) is 0 Å². The molecule has 2 aromatic carbocycles. The first-order valence-corrected chi connectivity index (χ1v) is 7.88. The topological polar surface area (TPSA) is 29.1 Å². The molecular weight excluding hydrogens is 336 g/mol. The molecule has 0 bridgehead atoms. The average Bonchev–Trinajstić information content (AvgIpc) is 2.51. The Morgan fingerprint density at radius 2 is 1.39 bits per heavy atom. The smallest absolute Gasteiger partial charge is 0.216 e. The van der Waals surface area contributed by atoms with Crippen LogP contribution in [0.3, 0.4) is 0 Å². The summed E-state index contributed by atoms with van der Waals surface area (Å²) in [7, 11) is 0. The van der Waals surface area contributed by atoms with Crippen LogP contribution in [0.15, 0.2) is 54.4 Å². The highest BCUT2D eigenvalue weighted by Crippen LogP contribution is 2.30. The summed E-state index contributed by atoms with van der Waals surface area (Å²) >= 11 is 11.8. The zero-order chi connectivity index (χ0) is 16.8. The highest BCUT2D eigenvalue weighted by Gasteiger charge is 2.12. The van der Waals surface area contributed by atoms with E-state index in [1.807, 2.05) is 0 Å². The van der Waals surface area contributed by atoms with Gasteiger partial charge in [0, 0.05) is 35.5 Å². The molecule has 120 valence electrons. The number of carbonyl (C=O) groups is 1. The summed E-state index contributed by atoms with van der Waals surface area (Å²) in [6, 6.07) is 13.9. The zero-order valence-corrected chi connectivity index (χ0v) is 14.1. The number of rotatable bonds is 5. The molecule has 0 saturated carbocycles. The molecule has 2 aromatic rings. The lowest BCUT2D eigenvalue weighted by molar-refractivity contribution is -0.118. The minimum Gasteiger partial charge on any atom is -0.356 e. The quantitative estimate of drug-likeness (QED) is 0.783. The summed E-state index contributed by atoms with van der Waals surface area (Å²) in [5.74, 6) is -0.485. The minimum absolute atomic E-state index is 0.111. The molecule has 0 saturated heterocycles. The first kappa shape index (κ1) is 17.5. The number of hydrogen-bond donors (Lipinski definition) is 1. The normalized spacial score (nSPS) is 10.3. The second-order valence-corrected chi connectivity index (χ2v) is 5.90. The van der Waals surface area contributed by atoms with E-state index in [-0.39, 0.29) is 24.7 Å². The van der Waals surface area contributed by atoms with Gasteiger partial charge in [-0.05, 0) is 35.4 Å². The van der Waals surface area contributed by atoms with Crippen molar-refractivity contribution in [1.82, 2.24) is 5.32 Å². The maximum absolute atomic E-state index is 14.8. The molecule has 0 unspecified atom stereocenters. The van der Waals surface area contributed by atoms with E-state index in [1.54, 1.807) is 48.5 Å². The fourth-order valence-electron chi connectivity index (χ4n) is 2.19. The van der Waals surface area contributed by atoms with Gasteiger partial charge in [0.25, 0.3) is 0 Å². The van der Waals surface area contributed by atoms with E-state index in [0.29, 0.717) is 15.6 Å². The Morgan fingerprint density at radius 3 is 1.78 bits per heavy atom. The van der Waals surface area contributed by atoms with Crippen LogP contribution in [0.2, 0.25) is 10.0 Å². The van der Waals surface area contributed by atoms with E-state index in [2.05, 4.69) is 5.32 Å². The van der Waals surface area contributed by atoms with Crippen molar-refractivity contribution in [3.8, 4) is 0 Å². The molecule has 5 heteroatoms. The summed E-state index contributed by atoms with van der Waals surface area (Å²) < 4.78 is 14.8. The Kier molecular flexibility index (Phi) is 6.20. The molecule has 0 aliphatic heterocycles. The van der Waals surface area contributed by atoms with Gasteiger partial charge in [-0.1, -0.05) is 47.5 Å². The number of benzene rings is 2. The van der Waals surface area contributed by atoms with Gasteiger partial charge in [-0.2, -0.15) is 0 Å². The van der Waals surface area contributed by atoms with E-state index in [0.717, 1.165) is 11.1 Å². The van der Waals surface area contributed by atoms with E-state index in [9.17, 15) is 9.18 Å². The monoisotopic (exact) mass is 351 g/mol. The summed E-state index contributed by atoms with van der Waals surface area (Å²) in [4.78, 5) is 10.9. The fourth-order valence-corrected chi connectivity index (χ4v) is 2.44. The average molecular weight is 352 g/mol. The molecule has 0 spiro atoms. The van der Waals surface area contributed by atoms with Gasteiger partial charge in [0.2, 0.25) is 5.91 Å². The van der Waals surface area contributed by atoms with Crippen LogP contribution in [0, 0.1) is 0 Å². The van der Waals surface area contributed by atoms with Gasteiger partial charge in [-0.25, -0.2) is 4.39 Å². The van der Waals surface area contributed by atoms with E-state index < -0.39 is 0 Å². The standard InChI is InChI=1S/C18H16Cl2FNO/c1-12(23)22-11-10-17(21)18(13-2-6-15(19)7-3-13)14-4-8-16(20)9-5-14/h2-9H,10-11H2,1H3,(H,22,23). The lowest BCUT2D eigenvalue weighted by Crippen LogP contribution is -2.21. The SMILES string of the molecule is CC(=O)NCCC(F)=C(c1ccc(Cl)cc1)c1ccc(Cl)cc1. The van der Waals surface area contributed by atoms with Gasteiger partial charge in [-0.15, -0.1) is 0 Å². The van der Waals surface area contributed by atoms with Crippen molar-refractivity contribution < 1.29 is 9.18 Å². The van der Waals surface area contributed by atoms with Crippen molar-refractivity contribution in [3.05, 3.63) is 75.5 Å². The summed E-state index contributed by atoms with van der Waals surface area (Å²) in [6.45, 7) is 1.65. The third-order valence-electron chi connectivity index (χ3n) is 3.26. The predicted octanol–water partition coefficient (Wildman–Crippen LogP) is 5.25. The number of halogens is 3. The van der Waals surface area contributed by atoms with Gasteiger partial charge in [-0.3, -0.25) is 4.79 Å². The molecular formula is C18H16Cl2FNO. The van der Waals surface area contributed by atoms with E-state index in [4.69, 9.17) is 23.2 Å². The summed E-state index contributed by atoms with van der Waals surface area (Å²) in [5, 5.41) is 3.77. The minimum atomic E-state index is -0.302. The van der Waals surface area contributed by atoms with Crippen molar-refractivity contribution >= 4 is 34.7 Å². The van der Waals surface area contributed by atoms with Crippen LogP contribution < -0.4 is 5.32 Å². The van der Waals surface area contributed by atoms with Crippen molar-refractivity contribution in [3.63, 3.8) is 0 Å². The van der Waals surface area contributed by atoms with Crippen LogP contribution in [-0.2, 0) is 4.79 Å². The van der Waals surface area contributed by atoms with Gasteiger partial charge in [0.05, 0.1) is 0 Å². The predicted molar refractivity (Wildman–Crippen MR) is 93.3 cm³/mol. The van der Waals surface area contributed by atoms with Crippen LogP contribution in [0.4, 0.5) is 4.39 Å².